The molecular weight excluding hydrogens is 394 g/mol. The summed E-state index contributed by atoms with van der Waals surface area (Å²) in [5.41, 5.74) is 4.65. The van der Waals surface area contributed by atoms with Gasteiger partial charge in [-0.2, -0.15) is 0 Å². The molecule has 0 aliphatic heterocycles. The van der Waals surface area contributed by atoms with Crippen LogP contribution in [0.4, 0.5) is 5.13 Å². The Morgan fingerprint density at radius 3 is 2.30 bits per heavy atom. The number of para-hydroxylation sites is 2. The summed E-state index contributed by atoms with van der Waals surface area (Å²) < 4.78 is 2.95. The van der Waals surface area contributed by atoms with Crippen LogP contribution in [0.5, 0.6) is 0 Å². The summed E-state index contributed by atoms with van der Waals surface area (Å²) in [7, 11) is 0. The molecular formula is C24H19N3O2S. The molecule has 6 heteroatoms. The molecule has 0 aliphatic carbocycles. The largest absolute Gasteiger partial charge is 0.331 e. The number of carbonyl (C=O) groups is 1. The molecule has 2 aromatic heterocycles. The van der Waals surface area contributed by atoms with Gasteiger partial charge in [-0.15, -0.1) is 0 Å². The van der Waals surface area contributed by atoms with Crippen molar-refractivity contribution in [3.63, 3.8) is 0 Å². The van der Waals surface area contributed by atoms with Crippen molar-refractivity contribution in [3.8, 4) is 0 Å². The molecule has 0 saturated heterocycles. The zero-order chi connectivity index (χ0) is 20.8. The first-order chi connectivity index (χ1) is 14.5. The van der Waals surface area contributed by atoms with Crippen LogP contribution in [0.2, 0.25) is 0 Å². The first kappa shape index (κ1) is 18.5. The predicted molar refractivity (Wildman–Crippen MR) is 123 cm³/mol. The number of fused-ring (bicyclic) bond motifs is 3. The van der Waals surface area contributed by atoms with Crippen LogP contribution in [0.1, 0.15) is 11.1 Å². The van der Waals surface area contributed by atoms with Gasteiger partial charge in [0.05, 0.1) is 21.3 Å². The number of carbonyl (C=O) groups excluding carboxylic acids is 1. The monoisotopic (exact) mass is 413 g/mol. The van der Waals surface area contributed by atoms with Crippen molar-refractivity contribution in [2.24, 2.45) is 0 Å². The van der Waals surface area contributed by atoms with Gasteiger partial charge in [-0.3, -0.25) is 9.59 Å². The maximum atomic E-state index is 12.9. The van der Waals surface area contributed by atoms with Crippen LogP contribution < -0.4 is 10.7 Å². The minimum absolute atomic E-state index is 0.0186. The second-order valence-corrected chi connectivity index (χ2v) is 8.48. The normalized spacial score (nSPS) is 11.4. The molecule has 5 aromatic rings. The molecule has 30 heavy (non-hydrogen) atoms. The van der Waals surface area contributed by atoms with E-state index in [1.807, 2.05) is 47.9 Å². The lowest BCUT2D eigenvalue weighted by molar-refractivity contribution is -0.116. The minimum Gasteiger partial charge on any atom is -0.331 e. The van der Waals surface area contributed by atoms with Crippen molar-refractivity contribution in [1.82, 2.24) is 9.55 Å². The first-order valence-electron chi connectivity index (χ1n) is 9.69. The molecule has 1 N–H and O–H groups in total. The number of aromatic nitrogens is 2. The second kappa shape index (κ2) is 7.07. The van der Waals surface area contributed by atoms with E-state index in [0.29, 0.717) is 15.9 Å². The standard InChI is InChI=1S/C24H19N3O2S/c1-14-11-15(2)22-20(12-14)30-24(26-22)25-21(28)13-27-18-9-5-3-7-16(18)23(29)17-8-4-6-10-19(17)27/h3-12H,13H2,1-2H3,(H,25,26,28). The van der Waals surface area contributed by atoms with Crippen LogP contribution in [-0.4, -0.2) is 15.5 Å². The number of benzene rings is 3. The lowest BCUT2D eigenvalue weighted by Crippen LogP contribution is -2.21. The third-order valence-electron chi connectivity index (χ3n) is 5.26. The van der Waals surface area contributed by atoms with E-state index in [-0.39, 0.29) is 17.9 Å². The van der Waals surface area contributed by atoms with E-state index < -0.39 is 0 Å². The highest BCUT2D eigenvalue weighted by Gasteiger charge is 2.14. The molecule has 2 heterocycles. The molecule has 0 saturated carbocycles. The van der Waals surface area contributed by atoms with E-state index in [0.717, 1.165) is 26.8 Å². The summed E-state index contributed by atoms with van der Waals surface area (Å²) in [4.78, 5) is 30.4. The third kappa shape index (κ3) is 3.06. The van der Waals surface area contributed by atoms with Crippen molar-refractivity contribution < 1.29 is 4.79 Å². The second-order valence-electron chi connectivity index (χ2n) is 7.45. The fraction of sp³-hybridized carbons (Fsp3) is 0.125. The molecule has 5 rings (SSSR count). The van der Waals surface area contributed by atoms with Gasteiger partial charge in [-0.25, -0.2) is 4.98 Å². The van der Waals surface area contributed by atoms with E-state index in [1.54, 1.807) is 12.1 Å². The quantitative estimate of drug-likeness (QED) is 0.423. The van der Waals surface area contributed by atoms with Gasteiger partial charge in [-0.05, 0) is 55.3 Å². The first-order valence-corrected chi connectivity index (χ1v) is 10.5. The maximum absolute atomic E-state index is 12.9. The highest BCUT2D eigenvalue weighted by molar-refractivity contribution is 7.22. The van der Waals surface area contributed by atoms with Crippen molar-refractivity contribution in [3.05, 3.63) is 82.0 Å². The Bertz CT molecular complexity index is 1450. The molecule has 0 spiro atoms. The Morgan fingerprint density at radius 2 is 1.63 bits per heavy atom. The summed E-state index contributed by atoms with van der Waals surface area (Å²) in [6.45, 7) is 4.17. The number of amides is 1. The number of rotatable bonds is 3. The fourth-order valence-corrected chi connectivity index (χ4v) is 5.03. The lowest BCUT2D eigenvalue weighted by Gasteiger charge is -2.14. The van der Waals surface area contributed by atoms with Gasteiger partial charge in [0.15, 0.2) is 10.6 Å². The van der Waals surface area contributed by atoms with Crippen molar-refractivity contribution in [2.75, 3.05) is 5.32 Å². The summed E-state index contributed by atoms with van der Waals surface area (Å²) in [5.74, 6) is -0.178. The van der Waals surface area contributed by atoms with Gasteiger partial charge >= 0.3 is 0 Å². The Labute approximate surface area is 176 Å². The van der Waals surface area contributed by atoms with Crippen molar-refractivity contribution >= 4 is 54.4 Å². The smallest absolute Gasteiger partial charge is 0.246 e. The molecule has 0 unspecified atom stereocenters. The number of nitrogens with zero attached hydrogens (tertiary/aromatic N) is 2. The number of thiazole rings is 1. The van der Waals surface area contributed by atoms with Crippen molar-refractivity contribution in [1.29, 1.82) is 0 Å². The number of hydrogen-bond acceptors (Lipinski definition) is 4. The summed E-state index contributed by atoms with van der Waals surface area (Å²) in [5, 5.41) is 4.73. The summed E-state index contributed by atoms with van der Waals surface area (Å²) >= 11 is 1.47. The summed E-state index contributed by atoms with van der Waals surface area (Å²) in [6.07, 6.45) is 0. The van der Waals surface area contributed by atoms with E-state index >= 15 is 0 Å². The van der Waals surface area contributed by atoms with Crippen LogP contribution in [0.25, 0.3) is 32.0 Å². The summed E-state index contributed by atoms with van der Waals surface area (Å²) in [6, 6.07) is 19.0. The number of hydrogen-bond donors (Lipinski definition) is 1. The Balaban J connectivity index is 1.55. The zero-order valence-corrected chi connectivity index (χ0v) is 17.4. The average Bonchev–Trinajstić information content (AvgIpc) is 3.13. The fourth-order valence-electron chi connectivity index (χ4n) is 3.97. The van der Waals surface area contributed by atoms with Crippen LogP contribution in [-0.2, 0) is 11.3 Å². The van der Waals surface area contributed by atoms with Gasteiger partial charge in [0, 0.05) is 10.8 Å². The zero-order valence-electron chi connectivity index (χ0n) is 16.6. The molecule has 0 radical (unpaired) electrons. The van der Waals surface area contributed by atoms with Crippen LogP contribution in [0, 0.1) is 13.8 Å². The maximum Gasteiger partial charge on any atom is 0.246 e. The topological polar surface area (TPSA) is 64.0 Å². The predicted octanol–water partition coefficient (Wildman–Crippen LogP) is 5.02. The van der Waals surface area contributed by atoms with Crippen LogP contribution >= 0.6 is 11.3 Å². The van der Waals surface area contributed by atoms with E-state index in [1.165, 1.54) is 16.9 Å². The lowest BCUT2D eigenvalue weighted by atomic mass is 10.1. The number of pyridine rings is 1. The van der Waals surface area contributed by atoms with Gasteiger partial charge < -0.3 is 9.88 Å². The van der Waals surface area contributed by atoms with E-state index in [2.05, 4.69) is 29.4 Å². The third-order valence-corrected chi connectivity index (χ3v) is 6.17. The molecule has 5 nitrogen and oxygen atoms in total. The molecule has 0 fully saturated rings. The van der Waals surface area contributed by atoms with Crippen LogP contribution in [0.3, 0.4) is 0 Å². The molecule has 0 aliphatic rings. The van der Waals surface area contributed by atoms with Gasteiger partial charge in [-0.1, -0.05) is 41.7 Å². The SMILES string of the molecule is Cc1cc(C)c2nc(NC(=O)Cn3c4ccccc4c(=O)c4ccccc43)sc2c1. The molecule has 148 valence electrons. The van der Waals surface area contributed by atoms with E-state index in [4.69, 9.17) is 0 Å². The molecule has 3 aromatic carbocycles. The van der Waals surface area contributed by atoms with Crippen molar-refractivity contribution in [2.45, 2.75) is 20.4 Å². The van der Waals surface area contributed by atoms with E-state index in [9.17, 15) is 9.59 Å². The highest BCUT2D eigenvalue weighted by Crippen LogP contribution is 2.29. The van der Waals surface area contributed by atoms with Gasteiger partial charge in [0.1, 0.15) is 6.54 Å². The molecule has 0 atom stereocenters. The Kier molecular flexibility index (Phi) is 4.37. The molecule has 1 amide bonds. The molecule has 0 bridgehead atoms. The van der Waals surface area contributed by atoms with Crippen LogP contribution in [0.15, 0.2) is 65.5 Å². The highest BCUT2D eigenvalue weighted by atomic mass is 32.1. The van der Waals surface area contributed by atoms with Gasteiger partial charge in [0.25, 0.3) is 0 Å². The Morgan fingerprint density at radius 1 is 1.00 bits per heavy atom. The number of nitrogens with one attached hydrogen (secondary N) is 1. The minimum atomic E-state index is -0.178. The van der Waals surface area contributed by atoms with Gasteiger partial charge in [0.2, 0.25) is 5.91 Å². The number of anilines is 1. The number of aryl methyl sites for hydroxylation is 2. The Hall–Kier alpha value is -3.51. The average molecular weight is 414 g/mol.